The number of benzene rings is 1. The number of methoxy groups -OCH3 is 1. The third-order valence-electron chi connectivity index (χ3n) is 3.50. The van der Waals surface area contributed by atoms with Gasteiger partial charge in [-0.2, -0.15) is 0 Å². The molecule has 4 heteroatoms. The molecule has 2 rings (SSSR count). The van der Waals surface area contributed by atoms with Crippen LogP contribution in [0.1, 0.15) is 19.3 Å². The van der Waals surface area contributed by atoms with Crippen molar-refractivity contribution in [2.75, 3.05) is 38.3 Å². The molecule has 4 nitrogen and oxygen atoms in total. The minimum Gasteiger partial charge on any atom is -0.497 e. The van der Waals surface area contributed by atoms with Crippen molar-refractivity contribution in [1.29, 1.82) is 0 Å². The number of hydrogen-bond donors (Lipinski definition) is 1. The zero-order chi connectivity index (χ0) is 13.5. The second-order valence-corrected chi connectivity index (χ2v) is 4.92. The van der Waals surface area contributed by atoms with E-state index >= 15 is 0 Å². The van der Waals surface area contributed by atoms with E-state index in [1.807, 2.05) is 12.1 Å². The van der Waals surface area contributed by atoms with Crippen LogP contribution in [-0.2, 0) is 4.74 Å². The van der Waals surface area contributed by atoms with Gasteiger partial charge in [0.25, 0.3) is 0 Å². The molecule has 1 aromatic carbocycles. The van der Waals surface area contributed by atoms with Crippen molar-refractivity contribution < 1.29 is 9.47 Å². The van der Waals surface area contributed by atoms with Crippen LogP contribution in [0, 0.1) is 0 Å². The molecule has 0 saturated carbocycles. The number of anilines is 1. The normalized spacial score (nSPS) is 18.5. The molecule has 1 saturated heterocycles. The molecule has 1 aliphatic rings. The molecular formula is C15H24N2O2. The van der Waals surface area contributed by atoms with E-state index < -0.39 is 0 Å². The summed E-state index contributed by atoms with van der Waals surface area (Å²) < 4.78 is 11.0. The zero-order valence-electron chi connectivity index (χ0n) is 11.7. The minimum absolute atomic E-state index is 0.351. The Morgan fingerprint density at radius 2 is 2.37 bits per heavy atom. The molecule has 1 heterocycles. The Morgan fingerprint density at radius 1 is 1.47 bits per heavy atom. The minimum atomic E-state index is 0.351. The van der Waals surface area contributed by atoms with E-state index in [1.54, 1.807) is 7.11 Å². The molecule has 0 aromatic heterocycles. The summed E-state index contributed by atoms with van der Waals surface area (Å²) in [4.78, 5) is 2.35. The Labute approximate surface area is 115 Å². The highest BCUT2D eigenvalue weighted by Gasteiger charge is 2.19. The summed E-state index contributed by atoms with van der Waals surface area (Å²) in [6.45, 7) is 3.51. The van der Waals surface area contributed by atoms with E-state index in [0.717, 1.165) is 38.3 Å². The standard InChI is InChI=1S/C15H24N2O2/c1-18-14-6-2-5-13(11-14)17(9-4-8-16)12-15-7-3-10-19-15/h2,5-6,11,15H,3-4,7-10,12,16H2,1H3. The Kier molecular flexibility index (Phi) is 5.48. The lowest BCUT2D eigenvalue weighted by Gasteiger charge is -2.27. The van der Waals surface area contributed by atoms with Gasteiger partial charge in [-0.3, -0.25) is 0 Å². The lowest BCUT2D eigenvalue weighted by Crippen LogP contribution is -2.33. The molecule has 1 atom stereocenters. The molecular weight excluding hydrogens is 240 g/mol. The number of nitrogens with two attached hydrogens (primary N) is 1. The molecule has 0 bridgehead atoms. The summed E-state index contributed by atoms with van der Waals surface area (Å²) in [5.74, 6) is 0.891. The monoisotopic (exact) mass is 264 g/mol. The molecule has 19 heavy (non-hydrogen) atoms. The van der Waals surface area contributed by atoms with Crippen molar-refractivity contribution in [2.24, 2.45) is 5.73 Å². The van der Waals surface area contributed by atoms with Crippen LogP contribution in [0.15, 0.2) is 24.3 Å². The van der Waals surface area contributed by atoms with Crippen molar-refractivity contribution in [2.45, 2.75) is 25.4 Å². The fraction of sp³-hybridized carbons (Fsp3) is 0.600. The highest BCUT2D eigenvalue weighted by molar-refractivity contribution is 5.50. The molecule has 106 valence electrons. The van der Waals surface area contributed by atoms with Gasteiger partial charge in [-0.05, 0) is 37.9 Å². The molecule has 2 N–H and O–H groups in total. The van der Waals surface area contributed by atoms with E-state index in [9.17, 15) is 0 Å². The zero-order valence-corrected chi connectivity index (χ0v) is 11.7. The van der Waals surface area contributed by atoms with Gasteiger partial charge in [0.15, 0.2) is 0 Å². The second kappa shape index (κ2) is 7.36. The van der Waals surface area contributed by atoms with Crippen LogP contribution < -0.4 is 15.4 Å². The summed E-state index contributed by atoms with van der Waals surface area (Å²) in [7, 11) is 1.70. The van der Waals surface area contributed by atoms with Crippen LogP contribution in [0.3, 0.4) is 0 Å². The summed E-state index contributed by atoms with van der Waals surface area (Å²) in [6, 6.07) is 8.19. The first kappa shape index (κ1) is 14.2. The topological polar surface area (TPSA) is 47.7 Å². The Morgan fingerprint density at radius 3 is 3.05 bits per heavy atom. The van der Waals surface area contributed by atoms with Crippen LogP contribution in [0.25, 0.3) is 0 Å². The van der Waals surface area contributed by atoms with E-state index in [1.165, 1.54) is 12.1 Å². The fourth-order valence-electron chi connectivity index (χ4n) is 2.45. The van der Waals surface area contributed by atoms with E-state index in [-0.39, 0.29) is 0 Å². The molecule has 0 aliphatic carbocycles. The number of hydrogen-bond acceptors (Lipinski definition) is 4. The number of rotatable bonds is 7. The van der Waals surface area contributed by atoms with Crippen molar-refractivity contribution in [3.63, 3.8) is 0 Å². The Bertz CT molecular complexity index is 378. The first-order chi connectivity index (χ1) is 9.33. The van der Waals surface area contributed by atoms with Crippen molar-refractivity contribution >= 4 is 5.69 Å². The van der Waals surface area contributed by atoms with Crippen molar-refractivity contribution in [1.82, 2.24) is 0 Å². The quantitative estimate of drug-likeness (QED) is 0.818. The third kappa shape index (κ3) is 4.11. The average Bonchev–Trinajstić information content (AvgIpc) is 2.96. The Balaban J connectivity index is 2.05. The van der Waals surface area contributed by atoms with Crippen LogP contribution in [0.5, 0.6) is 5.75 Å². The van der Waals surface area contributed by atoms with Crippen LogP contribution in [-0.4, -0.2) is 39.5 Å². The van der Waals surface area contributed by atoms with Gasteiger partial charge in [0.2, 0.25) is 0 Å². The summed E-state index contributed by atoms with van der Waals surface area (Å²) in [5.41, 5.74) is 6.82. The lowest BCUT2D eigenvalue weighted by atomic mass is 10.2. The van der Waals surface area contributed by atoms with Crippen molar-refractivity contribution in [3.05, 3.63) is 24.3 Å². The Hall–Kier alpha value is -1.26. The highest BCUT2D eigenvalue weighted by Crippen LogP contribution is 2.23. The van der Waals surface area contributed by atoms with Gasteiger partial charge >= 0.3 is 0 Å². The molecule has 0 spiro atoms. The second-order valence-electron chi connectivity index (χ2n) is 4.92. The molecule has 1 fully saturated rings. The number of nitrogens with zero attached hydrogens (tertiary/aromatic N) is 1. The highest BCUT2D eigenvalue weighted by atomic mass is 16.5. The van der Waals surface area contributed by atoms with Crippen LogP contribution >= 0.6 is 0 Å². The van der Waals surface area contributed by atoms with E-state index in [0.29, 0.717) is 12.6 Å². The molecule has 1 unspecified atom stereocenters. The average molecular weight is 264 g/mol. The molecule has 1 aliphatic heterocycles. The van der Waals surface area contributed by atoms with E-state index in [2.05, 4.69) is 17.0 Å². The predicted octanol–water partition coefficient (Wildman–Crippen LogP) is 2.03. The third-order valence-corrected chi connectivity index (χ3v) is 3.50. The van der Waals surface area contributed by atoms with Gasteiger partial charge < -0.3 is 20.1 Å². The summed E-state index contributed by atoms with van der Waals surface area (Å²) >= 11 is 0. The van der Waals surface area contributed by atoms with Crippen molar-refractivity contribution in [3.8, 4) is 5.75 Å². The first-order valence-corrected chi connectivity index (χ1v) is 7.04. The predicted molar refractivity (Wildman–Crippen MR) is 77.9 cm³/mol. The van der Waals surface area contributed by atoms with Gasteiger partial charge in [0.05, 0.1) is 13.2 Å². The maximum Gasteiger partial charge on any atom is 0.120 e. The summed E-state index contributed by atoms with van der Waals surface area (Å²) in [5, 5.41) is 0. The SMILES string of the molecule is COc1cccc(N(CCCN)CC2CCCO2)c1. The van der Waals surface area contributed by atoms with Gasteiger partial charge in [-0.25, -0.2) is 0 Å². The largest absolute Gasteiger partial charge is 0.497 e. The fourth-order valence-corrected chi connectivity index (χ4v) is 2.45. The summed E-state index contributed by atoms with van der Waals surface area (Å²) in [6.07, 6.45) is 3.67. The maximum atomic E-state index is 5.74. The van der Waals surface area contributed by atoms with Gasteiger partial charge in [-0.1, -0.05) is 6.07 Å². The maximum absolute atomic E-state index is 5.74. The molecule has 0 radical (unpaired) electrons. The van der Waals surface area contributed by atoms with Crippen LogP contribution in [0.4, 0.5) is 5.69 Å². The van der Waals surface area contributed by atoms with Gasteiger partial charge in [0.1, 0.15) is 5.75 Å². The molecule has 1 aromatic rings. The first-order valence-electron chi connectivity index (χ1n) is 7.04. The van der Waals surface area contributed by atoms with E-state index in [4.69, 9.17) is 15.2 Å². The number of ether oxygens (including phenoxy) is 2. The van der Waals surface area contributed by atoms with Crippen LogP contribution in [0.2, 0.25) is 0 Å². The van der Waals surface area contributed by atoms with Gasteiger partial charge in [-0.15, -0.1) is 0 Å². The van der Waals surface area contributed by atoms with Gasteiger partial charge in [0, 0.05) is 31.5 Å². The molecule has 0 amide bonds. The lowest BCUT2D eigenvalue weighted by molar-refractivity contribution is 0.115. The smallest absolute Gasteiger partial charge is 0.120 e.